The Labute approximate surface area is 165 Å². The normalized spacial score (nSPS) is 15.7. The first-order valence-electron chi connectivity index (χ1n) is 9.33. The molecule has 0 spiro atoms. The van der Waals surface area contributed by atoms with Gasteiger partial charge in [-0.25, -0.2) is 13.4 Å². The number of imidazole rings is 1. The minimum atomic E-state index is -3.16. The Morgan fingerprint density at radius 3 is 2.79 bits per heavy atom. The highest BCUT2D eigenvalue weighted by molar-refractivity contribution is 7.93. The van der Waals surface area contributed by atoms with Crippen LogP contribution in [0.4, 0.5) is 5.69 Å². The van der Waals surface area contributed by atoms with Crippen LogP contribution in [-0.4, -0.2) is 36.9 Å². The molecule has 1 aromatic heterocycles. The van der Waals surface area contributed by atoms with Crippen LogP contribution in [0.25, 0.3) is 11.1 Å². The number of hydrogen-bond donors (Lipinski definition) is 0. The molecule has 0 saturated carbocycles. The van der Waals surface area contributed by atoms with Gasteiger partial charge in [-0.1, -0.05) is 18.2 Å². The third-order valence-corrected chi connectivity index (χ3v) is 6.79. The summed E-state index contributed by atoms with van der Waals surface area (Å²) < 4.78 is 33.7. The number of sulfonamides is 1. The van der Waals surface area contributed by atoms with Crippen molar-refractivity contribution in [3.63, 3.8) is 0 Å². The van der Waals surface area contributed by atoms with Gasteiger partial charge in [0.2, 0.25) is 10.0 Å². The molecule has 0 atom stereocenters. The zero-order chi connectivity index (χ0) is 19.6. The van der Waals surface area contributed by atoms with Crippen molar-refractivity contribution < 1.29 is 13.2 Å². The van der Waals surface area contributed by atoms with Gasteiger partial charge in [-0.2, -0.15) is 0 Å². The van der Waals surface area contributed by atoms with Gasteiger partial charge in [-0.05, 0) is 54.3 Å². The van der Waals surface area contributed by atoms with Crippen LogP contribution in [0.2, 0.25) is 0 Å². The molecule has 1 saturated heterocycles. The number of ether oxygens (including phenoxy) is 1. The van der Waals surface area contributed by atoms with E-state index in [2.05, 4.69) is 4.98 Å². The highest BCUT2D eigenvalue weighted by Crippen LogP contribution is 2.32. The molecule has 0 unspecified atom stereocenters. The van der Waals surface area contributed by atoms with Crippen molar-refractivity contribution in [2.45, 2.75) is 19.9 Å². The van der Waals surface area contributed by atoms with Crippen LogP contribution in [0.15, 0.2) is 61.2 Å². The van der Waals surface area contributed by atoms with Crippen LogP contribution in [0.5, 0.6) is 5.75 Å². The summed E-state index contributed by atoms with van der Waals surface area (Å²) in [5.41, 5.74) is 3.90. The van der Waals surface area contributed by atoms with Crippen molar-refractivity contribution >= 4 is 15.7 Å². The summed E-state index contributed by atoms with van der Waals surface area (Å²) in [5.74, 6) is 1.04. The molecule has 0 amide bonds. The molecule has 1 aliphatic heterocycles. The summed E-state index contributed by atoms with van der Waals surface area (Å²) in [7, 11) is -3.16. The van der Waals surface area contributed by atoms with E-state index in [4.69, 9.17) is 4.74 Å². The molecular weight excluding hydrogens is 374 g/mol. The van der Waals surface area contributed by atoms with Crippen molar-refractivity contribution in [3.05, 3.63) is 66.7 Å². The molecule has 7 heteroatoms. The van der Waals surface area contributed by atoms with Crippen LogP contribution in [-0.2, 0) is 16.6 Å². The van der Waals surface area contributed by atoms with Crippen LogP contribution < -0.4 is 9.04 Å². The monoisotopic (exact) mass is 397 g/mol. The SMILES string of the molecule is Cc1cc(N2CCCS2(=O)=O)ccc1-c1cccc(OCCn2ccnc2)c1. The molecule has 1 fully saturated rings. The van der Waals surface area contributed by atoms with Crippen molar-refractivity contribution in [1.29, 1.82) is 0 Å². The topological polar surface area (TPSA) is 64.4 Å². The third-order valence-electron chi connectivity index (χ3n) is 4.92. The van der Waals surface area contributed by atoms with Gasteiger partial charge in [0.05, 0.1) is 24.3 Å². The Morgan fingerprint density at radius 1 is 1.18 bits per heavy atom. The summed E-state index contributed by atoms with van der Waals surface area (Å²) in [4.78, 5) is 4.02. The molecule has 28 heavy (non-hydrogen) atoms. The van der Waals surface area contributed by atoms with Gasteiger partial charge in [0.25, 0.3) is 0 Å². The van der Waals surface area contributed by atoms with Crippen LogP contribution in [0.3, 0.4) is 0 Å². The lowest BCUT2D eigenvalue weighted by Gasteiger charge is -2.18. The Morgan fingerprint density at radius 2 is 2.07 bits per heavy atom. The summed E-state index contributed by atoms with van der Waals surface area (Å²) in [6.45, 7) is 3.86. The van der Waals surface area contributed by atoms with Crippen molar-refractivity contribution in [2.24, 2.45) is 0 Å². The standard InChI is InChI=1S/C21H23N3O3S/c1-17-14-19(24-9-3-13-28(24,25)26)6-7-21(17)18-4-2-5-20(15-18)27-12-11-23-10-8-22-16-23/h2,4-8,10,14-16H,3,9,11-13H2,1H3. The molecule has 6 nitrogen and oxygen atoms in total. The van der Waals surface area contributed by atoms with Gasteiger partial charge in [0.15, 0.2) is 0 Å². The maximum absolute atomic E-state index is 12.2. The minimum absolute atomic E-state index is 0.228. The molecule has 4 rings (SSSR count). The van der Waals surface area contributed by atoms with E-state index in [1.165, 1.54) is 4.31 Å². The molecule has 2 aromatic carbocycles. The molecule has 146 valence electrons. The van der Waals surface area contributed by atoms with E-state index in [-0.39, 0.29) is 5.75 Å². The maximum atomic E-state index is 12.2. The summed E-state index contributed by atoms with van der Waals surface area (Å²) in [5, 5.41) is 0. The molecule has 0 N–H and O–H groups in total. The number of benzene rings is 2. The van der Waals surface area contributed by atoms with E-state index in [0.29, 0.717) is 19.6 Å². The van der Waals surface area contributed by atoms with E-state index in [0.717, 1.165) is 34.7 Å². The molecule has 0 bridgehead atoms. The highest BCUT2D eigenvalue weighted by atomic mass is 32.2. The number of anilines is 1. The number of aryl methyl sites for hydroxylation is 1. The lowest BCUT2D eigenvalue weighted by atomic mass is 10.00. The number of aromatic nitrogens is 2. The molecule has 0 aliphatic carbocycles. The van der Waals surface area contributed by atoms with E-state index < -0.39 is 10.0 Å². The summed E-state index contributed by atoms with van der Waals surface area (Å²) >= 11 is 0. The van der Waals surface area contributed by atoms with Gasteiger partial charge < -0.3 is 9.30 Å². The Kier molecular flexibility index (Phi) is 5.09. The minimum Gasteiger partial charge on any atom is -0.492 e. The van der Waals surface area contributed by atoms with E-state index in [1.807, 2.05) is 60.2 Å². The Bertz CT molecular complexity index is 1060. The lowest BCUT2D eigenvalue weighted by Crippen LogP contribution is -2.25. The molecule has 0 radical (unpaired) electrons. The average molecular weight is 398 g/mol. The number of nitrogens with zero attached hydrogens (tertiary/aromatic N) is 3. The first-order chi connectivity index (χ1) is 13.5. The number of rotatable bonds is 6. The van der Waals surface area contributed by atoms with Gasteiger partial charge in [0.1, 0.15) is 12.4 Å². The quantitative estimate of drug-likeness (QED) is 0.639. The Hall–Kier alpha value is -2.80. The fraction of sp³-hybridized carbons (Fsp3) is 0.286. The third kappa shape index (κ3) is 3.89. The fourth-order valence-corrected chi connectivity index (χ4v) is 5.05. The Balaban J connectivity index is 1.51. The second-order valence-electron chi connectivity index (χ2n) is 6.92. The van der Waals surface area contributed by atoms with Crippen LogP contribution in [0, 0.1) is 6.92 Å². The van der Waals surface area contributed by atoms with Crippen LogP contribution in [0.1, 0.15) is 12.0 Å². The zero-order valence-corrected chi connectivity index (χ0v) is 16.6. The van der Waals surface area contributed by atoms with Gasteiger partial charge >= 0.3 is 0 Å². The van der Waals surface area contributed by atoms with E-state index in [1.54, 1.807) is 12.5 Å². The van der Waals surface area contributed by atoms with Crippen molar-refractivity contribution in [1.82, 2.24) is 9.55 Å². The largest absolute Gasteiger partial charge is 0.492 e. The summed E-state index contributed by atoms with van der Waals surface area (Å²) in [6, 6.07) is 13.8. The molecular formula is C21H23N3O3S. The predicted molar refractivity (Wildman–Crippen MR) is 110 cm³/mol. The average Bonchev–Trinajstić information content (AvgIpc) is 3.31. The first-order valence-corrected chi connectivity index (χ1v) is 10.9. The van der Waals surface area contributed by atoms with E-state index >= 15 is 0 Å². The predicted octanol–water partition coefficient (Wildman–Crippen LogP) is 3.48. The number of hydrogen-bond acceptors (Lipinski definition) is 4. The van der Waals surface area contributed by atoms with Gasteiger partial charge in [-0.15, -0.1) is 0 Å². The van der Waals surface area contributed by atoms with Crippen LogP contribution >= 0.6 is 0 Å². The molecule has 1 aliphatic rings. The van der Waals surface area contributed by atoms with Gasteiger partial charge in [-0.3, -0.25) is 4.31 Å². The second-order valence-corrected chi connectivity index (χ2v) is 8.93. The highest BCUT2D eigenvalue weighted by Gasteiger charge is 2.28. The van der Waals surface area contributed by atoms with Crippen molar-refractivity contribution in [2.75, 3.05) is 23.2 Å². The fourth-order valence-electron chi connectivity index (χ4n) is 3.50. The van der Waals surface area contributed by atoms with Crippen molar-refractivity contribution in [3.8, 4) is 16.9 Å². The van der Waals surface area contributed by atoms with E-state index in [9.17, 15) is 8.42 Å². The summed E-state index contributed by atoms with van der Waals surface area (Å²) in [6.07, 6.45) is 6.11. The zero-order valence-electron chi connectivity index (χ0n) is 15.8. The maximum Gasteiger partial charge on any atom is 0.235 e. The smallest absolute Gasteiger partial charge is 0.235 e. The lowest BCUT2D eigenvalue weighted by molar-refractivity contribution is 0.298. The van der Waals surface area contributed by atoms with Gasteiger partial charge in [0, 0.05) is 18.9 Å². The first kappa shape index (κ1) is 18.6. The second kappa shape index (κ2) is 7.67. The molecule has 3 aromatic rings. The molecule has 2 heterocycles.